The lowest BCUT2D eigenvalue weighted by Crippen LogP contribution is -2.01. The van der Waals surface area contributed by atoms with Gasteiger partial charge in [0.25, 0.3) is 0 Å². The largest absolute Gasteiger partial charge is 0.224 e. The molecular formula is C6H3Cl4NO2S. The summed E-state index contributed by atoms with van der Waals surface area (Å²) in [6.07, 6.45) is 0.951. The fourth-order valence-corrected chi connectivity index (χ4v) is 3.31. The summed E-state index contributed by atoms with van der Waals surface area (Å²) < 4.78 is 22.5. The van der Waals surface area contributed by atoms with E-state index in [0.717, 1.165) is 6.26 Å². The van der Waals surface area contributed by atoms with E-state index in [-0.39, 0.29) is 25.2 Å². The van der Waals surface area contributed by atoms with Crippen molar-refractivity contribution < 1.29 is 8.42 Å². The molecule has 1 heterocycles. The van der Waals surface area contributed by atoms with Gasteiger partial charge < -0.3 is 0 Å². The number of sulfone groups is 1. The summed E-state index contributed by atoms with van der Waals surface area (Å²) >= 11 is 22.4. The first-order chi connectivity index (χ1) is 6.25. The average molecular weight is 295 g/mol. The maximum absolute atomic E-state index is 11.3. The number of pyridine rings is 1. The molecule has 78 valence electrons. The first kappa shape index (κ1) is 12.3. The summed E-state index contributed by atoms with van der Waals surface area (Å²) in [4.78, 5) is 3.25. The molecule has 0 fully saturated rings. The smallest absolute Gasteiger partial charge is 0.178 e. The van der Waals surface area contributed by atoms with Gasteiger partial charge in [0.1, 0.15) is 4.90 Å². The van der Waals surface area contributed by atoms with Crippen LogP contribution in [0.2, 0.25) is 20.4 Å². The molecule has 0 unspecified atom stereocenters. The van der Waals surface area contributed by atoms with E-state index in [1.54, 1.807) is 0 Å². The van der Waals surface area contributed by atoms with Crippen LogP contribution in [0, 0.1) is 0 Å². The molecule has 0 bridgehead atoms. The molecule has 0 saturated heterocycles. The molecular weight excluding hydrogens is 292 g/mol. The molecule has 3 nitrogen and oxygen atoms in total. The third-order valence-electron chi connectivity index (χ3n) is 1.33. The molecule has 0 atom stereocenters. The second-order valence-electron chi connectivity index (χ2n) is 2.42. The van der Waals surface area contributed by atoms with E-state index >= 15 is 0 Å². The molecule has 1 rings (SSSR count). The van der Waals surface area contributed by atoms with Crippen LogP contribution in [0.15, 0.2) is 4.90 Å². The van der Waals surface area contributed by atoms with E-state index in [0.29, 0.717) is 0 Å². The molecule has 0 saturated carbocycles. The number of rotatable bonds is 1. The van der Waals surface area contributed by atoms with E-state index in [1.165, 1.54) is 0 Å². The summed E-state index contributed by atoms with van der Waals surface area (Å²) in [7, 11) is -3.58. The van der Waals surface area contributed by atoms with E-state index < -0.39 is 9.84 Å². The van der Waals surface area contributed by atoms with Gasteiger partial charge in [0, 0.05) is 6.26 Å². The minimum Gasteiger partial charge on any atom is -0.224 e. The first-order valence-electron chi connectivity index (χ1n) is 3.15. The Kier molecular flexibility index (Phi) is 3.54. The van der Waals surface area contributed by atoms with E-state index in [2.05, 4.69) is 4.98 Å². The van der Waals surface area contributed by atoms with Crippen molar-refractivity contribution in [3.63, 3.8) is 0 Å². The molecule has 0 amide bonds. The molecule has 0 spiro atoms. The highest BCUT2D eigenvalue weighted by molar-refractivity contribution is 7.91. The van der Waals surface area contributed by atoms with E-state index in [4.69, 9.17) is 46.4 Å². The highest BCUT2D eigenvalue weighted by Crippen LogP contribution is 2.37. The van der Waals surface area contributed by atoms with Crippen LogP contribution >= 0.6 is 46.4 Å². The van der Waals surface area contributed by atoms with Crippen LogP contribution in [0.5, 0.6) is 0 Å². The van der Waals surface area contributed by atoms with Gasteiger partial charge >= 0.3 is 0 Å². The Morgan fingerprint density at radius 1 is 1.00 bits per heavy atom. The van der Waals surface area contributed by atoms with Gasteiger partial charge in [-0.25, -0.2) is 13.4 Å². The van der Waals surface area contributed by atoms with Crippen LogP contribution in [0.25, 0.3) is 0 Å². The van der Waals surface area contributed by atoms with Crippen LogP contribution < -0.4 is 0 Å². The van der Waals surface area contributed by atoms with Gasteiger partial charge in [-0.3, -0.25) is 0 Å². The van der Waals surface area contributed by atoms with Crippen molar-refractivity contribution in [2.75, 3.05) is 6.26 Å². The quantitative estimate of drug-likeness (QED) is 0.748. The number of nitrogens with zero attached hydrogens (tertiary/aromatic N) is 1. The lowest BCUT2D eigenvalue weighted by Gasteiger charge is -2.06. The zero-order chi connectivity index (χ0) is 11.1. The summed E-state index contributed by atoms with van der Waals surface area (Å²) in [5, 5.41) is -0.824. The van der Waals surface area contributed by atoms with Crippen molar-refractivity contribution in [2.45, 2.75) is 4.90 Å². The molecule has 1 aromatic heterocycles. The van der Waals surface area contributed by atoms with Crippen molar-refractivity contribution >= 4 is 56.2 Å². The molecule has 0 aliphatic heterocycles. The maximum atomic E-state index is 11.3. The second kappa shape index (κ2) is 4.02. The number of hydrogen-bond donors (Lipinski definition) is 0. The minimum atomic E-state index is -3.58. The predicted molar refractivity (Wildman–Crippen MR) is 57.4 cm³/mol. The van der Waals surface area contributed by atoms with Crippen molar-refractivity contribution in [1.82, 2.24) is 4.98 Å². The highest BCUT2D eigenvalue weighted by Gasteiger charge is 2.22. The van der Waals surface area contributed by atoms with Gasteiger partial charge in [-0.05, 0) is 0 Å². The number of halogens is 4. The molecule has 0 N–H and O–H groups in total. The second-order valence-corrected chi connectivity index (χ2v) is 5.85. The van der Waals surface area contributed by atoms with Gasteiger partial charge in [0.15, 0.2) is 20.1 Å². The van der Waals surface area contributed by atoms with Gasteiger partial charge in [0.05, 0.1) is 10.0 Å². The zero-order valence-electron chi connectivity index (χ0n) is 6.68. The first-order valence-corrected chi connectivity index (χ1v) is 6.55. The fraction of sp³-hybridized carbons (Fsp3) is 0.167. The molecule has 0 radical (unpaired) electrons. The summed E-state index contributed by atoms with van der Waals surface area (Å²) in [5.74, 6) is 0. The number of hydrogen-bond acceptors (Lipinski definition) is 3. The van der Waals surface area contributed by atoms with Crippen molar-refractivity contribution in [3.8, 4) is 0 Å². The average Bonchev–Trinajstić information content (AvgIpc) is 1.98. The fourth-order valence-electron chi connectivity index (χ4n) is 0.794. The SMILES string of the molecule is CS(=O)(=O)c1c(Cl)c(Cl)nc(Cl)c1Cl. The lowest BCUT2D eigenvalue weighted by atomic mass is 10.5. The molecule has 1 aromatic rings. The van der Waals surface area contributed by atoms with Crippen molar-refractivity contribution in [2.24, 2.45) is 0 Å². The Labute approximate surface area is 101 Å². The zero-order valence-corrected chi connectivity index (χ0v) is 10.5. The molecule has 0 aliphatic rings. The van der Waals surface area contributed by atoms with Gasteiger partial charge in [0.2, 0.25) is 0 Å². The third-order valence-corrected chi connectivity index (χ3v) is 4.18. The van der Waals surface area contributed by atoms with E-state index in [1.807, 2.05) is 0 Å². The van der Waals surface area contributed by atoms with Crippen LogP contribution in [0.4, 0.5) is 0 Å². The van der Waals surface area contributed by atoms with Crippen LogP contribution in [0.3, 0.4) is 0 Å². The Morgan fingerprint density at radius 2 is 1.36 bits per heavy atom. The Hall–Kier alpha value is 0.260. The van der Waals surface area contributed by atoms with Crippen LogP contribution in [-0.2, 0) is 9.84 Å². The molecule has 8 heteroatoms. The van der Waals surface area contributed by atoms with Gasteiger partial charge in [-0.15, -0.1) is 0 Å². The summed E-state index contributed by atoms with van der Waals surface area (Å²) in [6.45, 7) is 0. The minimum absolute atomic E-state index is 0.193. The predicted octanol–water partition coefficient (Wildman–Crippen LogP) is 3.10. The topological polar surface area (TPSA) is 47.0 Å². The van der Waals surface area contributed by atoms with Crippen LogP contribution in [-0.4, -0.2) is 19.7 Å². The van der Waals surface area contributed by atoms with E-state index in [9.17, 15) is 8.42 Å². The van der Waals surface area contributed by atoms with Gasteiger partial charge in [-0.1, -0.05) is 46.4 Å². The number of aromatic nitrogens is 1. The van der Waals surface area contributed by atoms with Crippen LogP contribution in [0.1, 0.15) is 0 Å². The maximum Gasteiger partial charge on any atom is 0.178 e. The Bertz CT molecular complexity index is 459. The third kappa shape index (κ3) is 2.25. The standard InChI is InChI=1S/C6H3Cl4NO2S/c1-14(12,13)4-2(7)5(9)11-6(10)3(4)8/h1H3. The summed E-state index contributed by atoms with van der Waals surface area (Å²) in [6, 6.07) is 0. The molecule has 14 heavy (non-hydrogen) atoms. The normalized spacial score (nSPS) is 11.8. The monoisotopic (exact) mass is 293 g/mol. The highest BCUT2D eigenvalue weighted by atomic mass is 35.5. The Balaban J connectivity index is 3.74. The lowest BCUT2D eigenvalue weighted by molar-refractivity contribution is 0.602. The Morgan fingerprint density at radius 3 is 1.64 bits per heavy atom. The van der Waals surface area contributed by atoms with Gasteiger partial charge in [-0.2, -0.15) is 0 Å². The van der Waals surface area contributed by atoms with Crippen molar-refractivity contribution in [3.05, 3.63) is 20.4 Å². The summed E-state index contributed by atoms with van der Waals surface area (Å²) in [5.41, 5.74) is 0. The molecule has 0 aromatic carbocycles. The molecule has 0 aliphatic carbocycles. The van der Waals surface area contributed by atoms with Crippen molar-refractivity contribution in [1.29, 1.82) is 0 Å².